The zero-order valence-electron chi connectivity index (χ0n) is 11.2. The lowest BCUT2D eigenvalue weighted by Crippen LogP contribution is -2.35. The van der Waals surface area contributed by atoms with Crippen molar-refractivity contribution in [3.63, 3.8) is 0 Å². The Morgan fingerprint density at radius 2 is 2.24 bits per heavy atom. The number of aliphatic carboxylic acids is 1. The first-order valence-corrected chi connectivity index (χ1v) is 6.73. The van der Waals surface area contributed by atoms with Crippen LogP contribution in [0.1, 0.15) is 12.0 Å². The van der Waals surface area contributed by atoms with E-state index < -0.39 is 18.1 Å². The summed E-state index contributed by atoms with van der Waals surface area (Å²) in [6.45, 7) is 0.616. The van der Waals surface area contributed by atoms with Crippen LogP contribution < -0.4 is 0 Å². The number of carboxylic acids is 1. The van der Waals surface area contributed by atoms with E-state index >= 15 is 0 Å². The summed E-state index contributed by atoms with van der Waals surface area (Å²) in [6, 6.07) is 5.57. The SMILES string of the molecule is O=C(O)C1CC(O)CN1Cc1ccc(F)c2cccnc12. The second kappa shape index (κ2) is 5.38. The minimum atomic E-state index is -0.953. The monoisotopic (exact) mass is 290 g/mol. The molecule has 2 heterocycles. The summed E-state index contributed by atoms with van der Waals surface area (Å²) in [7, 11) is 0. The third kappa shape index (κ3) is 2.59. The molecular weight excluding hydrogens is 275 g/mol. The molecule has 2 atom stereocenters. The number of halogens is 1. The van der Waals surface area contributed by atoms with E-state index in [1.54, 1.807) is 29.3 Å². The van der Waals surface area contributed by atoms with Crippen LogP contribution in [0.25, 0.3) is 10.9 Å². The highest BCUT2D eigenvalue weighted by Gasteiger charge is 2.36. The number of hydrogen-bond acceptors (Lipinski definition) is 4. The van der Waals surface area contributed by atoms with Gasteiger partial charge in [0.2, 0.25) is 0 Å². The number of carbonyl (C=O) groups is 1. The molecule has 5 nitrogen and oxygen atoms in total. The Kier molecular flexibility index (Phi) is 3.57. The zero-order chi connectivity index (χ0) is 15.0. The number of aromatic nitrogens is 1. The summed E-state index contributed by atoms with van der Waals surface area (Å²) in [5.41, 5.74) is 1.29. The molecule has 1 aliphatic heterocycles. The van der Waals surface area contributed by atoms with Gasteiger partial charge < -0.3 is 10.2 Å². The molecule has 0 radical (unpaired) electrons. The molecule has 1 aliphatic rings. The number of β-amino-alcohol motifs (C(OH)–C–C–N with tert-alkyl or cyclic N) is 1. The van der Waals surface area contributed by atoms with E-state index in [4.69, 9.17) is 0 Å². The van der Waals surface area contributed by atoms with Crippen LogP contribution in [0.4, 0.5) is 4.39 Å². The normalized spacial score (nSPS) is 22.8. The fourth-order valence-electron chi connectivity index (χ4n) is 2.85. The van der Waals surface area contributed by atoms with E-state index in [-0.39, 0.29) is 12.2 Å². The minimum absolute atomic E-state index is 0.210. The van der Waals surface area contributed by atoms with Crippen LogP contribution in [0, 0.1) is 5.82 Å². The van der Waals surface area contributed by atoms with E-state index in [1.165, 1.54) is 6.07 Å². The molecule has 2 unspecified atom stereocenters. The molecule has 0 spiro atoms. The Hall–Kier alpha value is -2.05. The minimum Gasteiger partial charge on any atom is -0.480 e. The van der Waals surface area contributed by atoms with Gasteiger partial charge in [0, 0.05) is 31.1 Å². The fraction of sp³-hybridized carbons (Fsp3) is 0.333. The summed E-state index contributed by atoms with van der Waals surface area (Å²) in [6.07, 6.45) is 1.14. The van der Waals surface area contributed by atoms with Gasteiger partial charge in [0.25, 0.3) is 0 Å². The van der Waals surface area contributed by atoms with Gasteiger partial charge in [0.05, 0.1) is 11.6 Å². The van der Waals surface area contributed by atoms with Crippen molar-refractivity contribution in [1.29, 1.82) is 0 Å². The Labute approximate surface area is 120 Å². The molecule has 0 aliphatic carbocycles. The highest BCUT2D eigenvalue weighted by Crippen LogP contribution is 2.25. The summed E-state index contributed by atoms with van der Waals surface area (Å²) in [4.78, 5) is 17.1. The lowest BCUT2D eigenvalue weighted by atomic mass is 10.1. The van der Waals surface area contributed by atoms with Gasteiger partial charge in [-0.15, -0.1) is 0 Å². The lowest BCUT2D eigenvalue weighted by Gasteiger charge is -2.21. The largest absolute Gasteiger partial charge is 0.480 e. The molecule has 2 N–H and O–H groups in total. The summed E-state index contributed by atoms with van der Waals surface area (Å²) in [5.74, 6) is -1.30. The number of fused-ring (bicyclic) bond motifs is 1. The van der Waals surface area contributed by atoms with Crippen molar-refractivity contribution >= 4 is 16.9 Å². The molecule has 6 heteroatoms. The van der Waals surface area contributed by atoms with Crippen LogP contribution in [0.2, 0.25) is 0 Å². The number of nitrogens with zero attached hydrogens (tertiary/aromatic N) is 2. The van der Waals surface area contributed by atoms with Crippen LogP contribution in [0.3, 0.4) is 0 Å². The molecule has 3 rings (SSSR count). The molecule has 0 saturated carbocycles. The molecule has 1 fully saturated rings. The maximum atomic E-state index is 13.8. The van der Waals surface area contributed by atoms with Gasteiger partial charge in [-0.3, -0.25) is 14.7 Å². The fourth-order valence-corrected chi connectivity index (χ4v) is 2.85. The van der Waals surface area contributed by atoms with Crippen molar-refractivity contribution in [2.24, 2.45) is 0 Å². The van der Waals surface area contributed by atoms with Crippen LogP contribution in [0.15, 0.2) is 30.5 Å². The quantitative estimate of drug-likeness (QED) is 0.893. The molecule has 1 saturated heterocycles. The van der Waals surface area contributed by atoms with Crippen LogP contribution in [0.5, 0.6) is 0 Å². The Bertz CT molecular complexity index is 692. The van der Waals surface area contributed by atoms with Gasteiger partial charge in [-0.05, 0) is 23.8 Å². The second-order valence-electron chi connectivity index (χ2n) is 5.28. The molecule has 0 amide bonds. The van der Waals surface area contributed by atoms with Gasteiger partial charge in [-0.1, -0.05) is 6.07 Å². The highest BCUT2D eigenvalue weighted by molar-refractivity contribution is 5.82. The molecule has 110 valence electrons. The maximum Gasteiger partial charge on any atom is 0.321 e. The number of rotatable bonds is 3. The molecule has 2 aromatic rings. The molecule has 21 heavy (non-hydrogen) atoms. The van der Waals surface area contributed by atoms with E-state index in [2.05, 4.69) is 4.98 Å². The zero-order valence-corrected chi connectivity index (χ0v) is 11.2. The van der Waals surface area contributed by atoms with Gasteiger partial charge in [0.1, 0.15) is 11.9 Å². The van der Waals surface area contributed by atoms with E-state index in [0.717, 1.165) is 5.56 Å². The van der Waals surface area contributed by atoms with Gasteiger partial charge in [-0.2, -0.15) is 0 Å². The van der Waals surface area contributed by atoms with Crippen molar-refractivity contribution in [3.05, 3.63) is 41.8 Å². The summed E-state index contributed by atoms with van der Waals surface area (Å²) < 4.78 is 13.8. The first-order valence-electron chi connectivity index (χ1n) is 6.73. The number of pyridine rings is 1. The predicted octanol–water partition coefficient (Wildman–Crippen LogP) is 1.39. The number of aliphatic hydroxyl groups excluding tert-OH is 1. The topological polar surface area (TPSA) is 73.7 Å². The van der Waals surface area contributed by atoms with Crippen LogP contribution in [-0.2, 0) is 11.3 Å². The summed E-state index contributed by atoms with van der Waals surface area (Å²) in [5, 5.41) is 19.3. The summed E-state index contributed by atoms with van der Waals surface area (Å²) >= 11 is 0. The lowest BCUT2D eigenvalue weighted by molar-refractivity contribution is -0.142. The Morgan fingerprint density at radius 1 is 1.43 bits per heavy atom. The Morgan fingerprint density at radius 3 is 3.00 bits per heavy atom. The standard InChI is InChI=1S/C15H15FN2O3/c16-12-4-3-9(14-11(12)2-1-5-17-14)7-18-8-10(19)6-13(18)15(20)21/h1-5,10,13,19H,6-8H2,(H,20,21). The molecule has 0 bridgehead atoms. The number of hydrogen-bond donors (Lipinski definition) is 2. The van der Waals surface area contributed by atoms with Crippen LogP contribution in [-0.4, -0.2) is 44.8 Å². The van der Waals surface area contributed by atoms with E-state index in [9.17, 15) is 19.4 Å². The average Bonchev–Trinajstić information content (AvgIpc) is 2.83. The van der Waals surface area contributed by atoms with Gasteiger partial charge in [-0.25, -0.2) is 4.39 Å². The number of aliphatic hydroxyl groups is 1. The van der Waals surface area contributed by atoms with E-state index in [1.807, 2.05) is 0 Å². The number of benzene rings is 1. The maximum absolute atomic E-state index is 13.8. The van der Waals surface area contributed by atoms with Gasteiger partial charge in [0.15, 0.2) is 0 Å². The predicted molar refractivity (Wildman–Crippen MR) is 74.2 cm³/mol. The van der Waals surface area contributed by atoms with E-state index in [0.29, 0.717) is 24.0 Å². The smallest absolute Gasteiger partial charge is 0.321 e. The highest BCUT2D eigenvalue weighted by atomic mass is 19.1. The number of carboxylic acid groups (broad SMARTS) is 1. The third-order valence-electron chi connectivity index (χ3n) is 3.84. The van der Waals surface area contributed by atoms with Crippen molar-refractivity contribution in [2.75, 3.05) is 6.54 Å². The first kappa shape index (κ1) is 13.9. The van der Waals surface area contributed by atoms with Crippen molar-refractivity contribution in [2.45, 2.75) is 25.1 Å². The van der Waals surface area contributed by atoms with Crippen LogP contribution >= 0.6 is 0 Å². The number of likely N-dealkylation sites (tertiary alicyclic amines) is 1. The molecular formula is C15H15FN2O3. The average molecular weight is 290 g/mol. The van der Waals surface area contributed by atoms with Gasteiger partial charge >= 0.3 is 5.97 Å². The second-order valence-corrected chi connectivity index (χ2v) is 5.28. The molecule has 1 aromatic heterocycles. The first-order chi connectivity index (χ1) is 10.1. The Balaban J connectivity index is 1.95. The molecule has 1 aromatic carbocycles. The van der Waals surface area contributed by atoms with Crippen molar-refractivity contribution in [3.8, 4) is 0 Å². The van der Waals surface area contributed by atoms with Crippen molar-refractivity contribution < 1.29 is 19.4 Å². The van der Waals surface area contributed by atoms with Crippen molar-refractivity contribution in [1.82, 2.24) is 9.88 Å². The third-order valence-corrected chi connectivity index (χ3v) is 3.84.